The maximum Gasteiger partial charge on any atom is 0.226 e. The van der Waals surface area contributed by atoms with Gasteiger partial charge in [0.15, 0.2) is 0 Å². The Labute approximate surface area is 148 Å². The Morgan fingerprint density at radius 1 is 1.38 bits per heavy atom. The monoisotopic (exact) mass is 334 g/mol. The smallest absolute Gasteiger partial charge is 0.226 e. The van der Waals surface area contributed by atoms with Gasteiger partial charge in [0, 0.05) is 22.6 Å². The van der Waals surface area contributed by atoms with Gasteiger partial charge in [-0.2, -0.15) is 0 Å². The number of hydrogen-bond acceptors (Lipinski definition) is 2. The highest BCUT2D eigenvalue weighted by Gasteiger charge is 2.47. The zero-order valence-corrected chi connectivity index (χ0v) is 16.6. The van der Waals surface area contributed by atoms with E-state index < -0.39 is 0 Å². The van der Waals surface area contributed by atoms with Crippen molar-refractivity contribution in [2.24, 2.45) is 40.2 Å². The van der Waals surface area contributed by atoms with Crippen LogP contribution in [0, 0.1) is 34.5 Å². The number of hydrogen-bond donors (Lipinski definition) is 2. The SMILES string of the molecule is C=C(N)C1(C)CC2CC(C)C(NC(=O)C(C)(C)C(C)CC)C(C2)C1. The zero-order chi connectivity index (χ0) is 18.3. The molecule has 0 radical (unpaired) electrons. The molecular formula is C21H38N2O. The molecule has 3 nitrogen and oxygen atoms in total. The highest BCUT2D eigenvalue weighted by atomic mass is 16.2. The van der Waals surface area contributed by atoms with Crippen molar-refractivity contribution in [3.8, 4) is 0 Å². The number of carbonyl (C=O) groups is 1. The normalized spacial score (nSPS) is 37.6. The molecule has 2 fully saturated rings. The summed E-state index contributed by atoms with van der Waals surface area (Å²) in [5, 5.41) is 3.45. The molecule has 0 heterocycles. The number of nitrogens with one attached hydrogen (secondary N) is 1. The average Bonchev–Trinajstić information content (AvgIpc) is 2.49. The third-order valence-corrected chi connectivity index (χ3v) is 7.42. The van der Waals surface area contributed by atoms with Crippen LogP contribution in [-0.4, -0.2) is 11.9 Å². The van der Waals surface area contributed by atoms with Gasteiger partial charge in [0.1, 0.15) is 0 Å². The number of amides is 1. The molecule has 2 saturated carbocycles. The van der Waals surface area contributed by atoms with Crippen molar-refractivity contribution < 1.29 is 4.79 Å². The molecule has 2 aliphatic rings. The van der Waals surface area contributed by atoms with E-state index in [9.17, 15) is 4.79 Å². The van der Waals surface area contributed by atoms with Crippen LogP contribution in [0.1, 0.15) is 73.6 Å². The first-order valence-electron chi connectivity index (χ1n) is 9.77. The van der Waals surface area contributed by atoms with Gasteiger partial charge in [-0.25, -0.2) is 0 Å². The third kappa shape index (κ3) is 3.50. The van der Waals surface area contributed by atoms with E-state index in [1.807, 2.05) is 0 Å². The average molecular weight is 335 g/mol. The third-order valence-electron chi connectivity index (χ3n) is 7.42. The topological polar surface area (TPSA) is 55.1 Å². The van der Waals surface area contributed by atoms with Crippen LogP contribution >= 0.6 is 0 Å². The minimum absolute atomic E-state index is 0.0307. The molecule has 6 atom stereocenters. The Morgan fingerprint density at radius 3 is 2.54 bits per heavy atom. The van der Waals surface area contributed by atoms with Crippen molar-refractivity contribution in [2.45, 2.75) is 79.7 Å². The summed E-state index contributed by atoms with van der Waals surface area (Å²) in [5.41, 5.74) is 6.66. The number of allylic oxidation sites excluding steroid dienone is 1. The summed E-state index contributed by atoms with van der Waals surface area (Å²) in [6.45, 7) is 17.1. The molecule has 3 N–H and O–H groups in total. The van der Waals surface area contributed by atoms with Crippen LogP contribution in [0.4, 0.5) is 0 Å². The molecule has 1 amide bonds. The number of nitrogens with two attached hydrogens (primary N) is 1. The Morgan fingerprint density at radius 2 is 2.00 bits per heavy atom. The predicted molar refractivity (Wildman–Crippen MR) is 101 cm³/mol. The second kappa shape index (κ2) is 6.72. The molecule has 2 bridgehead atoms. The van der Waals surface area contributed by atoms with Gasteiger partial charge in [-0.15, -0.1) is 0 Å². The fourth-order valence-electron chi connectivity index (χ4n) is 5.08. The molecule has 2 aliphatic carbocycles. The van der Waals surface area contributed by atoms with Crippen molar-refractivity contribution in [2.75, 3.05) is 0 Å². The van der Waals surface area contributed by atoms with Crippen LogP contribution in [-0.2, 0) is 4.79 Å². The van der Waals surface area contributed by atoms with Crippen LogP contribution in [0.2, 0.25) is 0 Å². The first kappa shape index (κ1) is 19.3. The summed E-state index contributed by atoms with van der Waals surface area (Å²) >= 11 is 0. The molecule has 138 valence electrons. The Balaban J connectivity index is 2.15. The fourth-order valence-corrected chi connectivity index (χ4v) is 5.08. The maximum absolute atomic E-state index is 13.0. The van der Waals surface area contributed by atoms with E-state index in [2.05, 4.69) is 53.4 Å². The minimum atomic E-state index is -0.319. The van der Waals surface area contributed by atoms with Crippen LogP contribution in [0.5, 0.6) is 0 Å². The van der Waals surface area contributed by atoms with E-state index in [-0.39, 0.29) is 22.8 Å². The lowest BCUT2D eigenvalue weighted by Crippen LogP contribution is -2.55. The number of rotatable bonds is 5. The highest BCUT2D eigenvalue weighted by molar-refractivity contribution is 5.82. The number of fused-ring (bicyclic) bond motifs is 2. The Bertz CT molecular complexity index is 496. The van der Waals surface area contributed by atoms with Gasteiger partial charge in [0.2, 0.25) is 5.91 Å². The maximum atomic E-state index is 13.0. The predicted octanol–water partition coefficient (Wildman–Crippen LogP) is 4.48. The van der Waals surface area contributed by atoms with E-state index in [0.717, 1.165) is 30.9 Å². The van der Waals surface area contributed by atoms with Gasteiger partial charge in [0.25, 0.3) is 0 Å². The van der Waals surface area contributed by atoms with Gasteiger partial charge >= 0.3 is 0 Å². The van der Waals surface area contributed by atoms with Crippen molar-refractivity contribution in [1.29, 1.82) is 0 Å². The summed E-state index contributed by atoms with van der Waals surface area (Å²) < 4.78 is 0. The second-order valence-electron chi connectivity index (χ2n) is 9.60. The summed E-state index contributed by atoms with van der Waals surface area (Å²) in [6, 6.07) is 0.274. The second-order valence-corrected chi connectivity index (χ2v) is 9.60. The molecule has 6 unspecified atom stereocenters. The molecule has 0 aliphatic heterocycles. The zero-order valence-electron chi connectivity index (χ0n) is 16.6. The first-order chi connectivity index (χ1) is 11.0. The molecule has 0 spiro atoms. The molecule has 24 heavy (non-hydrogen) atoms. The Hall–Kier alpha value is -0.990. The largest absolute Gasteiger partial charge is 0.402 e. The van der Waals surface area contributed by atoms with Gasteiger partial charge < -0.3 is 11.1 Å². The Kier molecular flexibility index (Phi) is 5.42. The van der Waals surface area contributed by atoms with Gasteiger partial charge in [-0.05, 0) is 49.4 Å². The van der Waals surface area contributed by atoms with Crippen LogP contribution in [0.3, 0.4) is 0 Å². The summed E-state index contributed by atoms with van der Waals surface area (Å²) in [5.74, 6) is 2.38. The van der Waals surface area contributed by atoms with E-state index in [0.29, 0.717) is 17.8 Å². The molecule has 0 aromatic heterocycles. The molecular weight excluding hydrogens is 296 g/mol. The van der Waals surface area contributed by atoms with E-state index in [4.69, 9.17) is 5.73 Å². The minimum Gasteiger partial charge on any atom is -0.402 e. The van der Waals surface area contributed by atoms with Crippen molar-refractivity contribution in [3.05, 3.63) is 12.3 Å². The molecule has 3 heteroatoms. The van der Waals surface area contributed by atoms with Crippen molar-refractivity contribution >= 4 is 5.91 Å². The summed E-state index contributed by atoms with van der Waals surface area (Å²) in [7, 11) is 0. The summed E-state index contributed by atoms with van der Waals surface area (Å²) in [4.78, 5) is 13.0. The van der Waals surface area contributed by atoms with Crippen LogP contribution in [0.15, 0.2) is 12.3 Å². The van der Waals surface area contributed by atoms with Gasteiger partial charge in [-0.3, -0.25) is 4.79 Å². The van der Waals surface area contributed by atoms with E-state index in [1.165, 1.54) is 12.8 Å². The first-order valence-corrected chi connectivity index (χ1v) is 9.77. The molecule has 2 rings (SSSR count). The lowest BCUT2D eigenvalue weighted by atomic mass is 9.57. The lowest BCUT2D eigenvalue weighted by molar-refractivity contribution is -0.134. The molecule has 0 saturated heterocycles. The lowest BCUT2D eigenvalue weighted by Gasteiger charge is -2.51. The van der Waals surface area contributed by atoms with Gasteiger partial charge in [0.05, 0.1) is 0 Å². The molecule has 0 aromatic carbocycles. The highest BCUT2D eigenvalue weighted by Crippen LogP contribution is 2.52. The standard InChI is InChI=1S/C21H38N2O/c1-8-14(3)20(5,6)19(24)23-18-13(2)9-16-10-17(18)12-21(7,11-16)15(4)22/h13-14,16-18H,4,8-12,22H2,1-3,5-7H3,(H,23,24). The van der Waals surface area contributed by atoms with Crippen molar-refractivity contribution in [1.82, 2.24) is 5.32 Å². The fraction of sp³-hybridized carbons (Fsp3) is 0.857. The van der Waals surface area contributed by atoms with Gasteiger partial charge in [-0.1, -0.05) is 54.5 Å². The van der Waals surface area contributed by atoms with Crippen molar-refractivity contribution in [3.63, 3.8) is 0 Å². The van der Waals surface area contributed by atoms with E-state index in [1.54, 1.807) is 0 Å². The van der Waals surface area contributed by atoms with Crippen LogP contribution in [0.25, 0.3) is 0 Å². The quantitative estimate of drug-likeness (QED) is 0.779. The molecule has 0 aromatic rings. The summed E-state index contributed by atoms with van der Waals surface area (Å²) in [6.07, 6.45) is 5.65. The van der Waals surface area contributed by atoms with Crippen LogP contribution < -0.4 is 11.1 Å². The number of carbonyl (C=O) groups excluding carboxylic acids is 1. The van der Waals surface area contributed by atoms with E-state index >= 15 is 0 Å².